The molecule has 0 radical (unpaired) electrons. The van der Waals surface area contributed by atoms with Crippen molar-refractivity contribution in [2.24, 2.45) is 23.7 Å². The molecule has 0 aliphatic heterocycles. The minimum Gasteiger partial charge on any atom is -0.299 e. The third-order valence-corrected chi connectivity index (χ3v) is 5.80. The molecule has 3 saturated carbocycles. The van der Waals surface area contributed by atoms with Crippen molar-refractivity contribution in [1.82, 2.24) is 0 Å². The molecule has 3 atom stereocenters. The fraction of sp³-hybridized carbons (Fsp3) is 0.882. The molecule has 3 aliphatic rings. The summed E-state index contributed by atoms with van der Waals surface area (Å²) in [5, 5.41) is 0. The first-order valence-electron chi connectivity index (χ1n) is 8.34. The van der Waals surface area contributed by atoms with Gasteiger partial charge < -0.3 is 0 Å². The summed E-state index contributed by atoms with van der Waals surface area (Å²) in [6.07, 6.45) is 12.3. The van der Waals surface area contributed by atoms with Gasteiger partial charge in [-0.25, -0.2) is 0 Å². The highest BCUT2D eigenvalue weighted by molar-refractivity contribution is 6.04. The number of Topliss-reactive ketones (excluding diaryl/α,β-unsaturated/α-hetero) is 2. The van der Waals surface area contributed by atoms with Crippen molar-refractivity contribution in [3.05, 3.63) is 0 Å². The predicted molar refractivity (Wildman–Crippen MR) is 74.8 cm³/mol. The molecular formula is C17H26O2. The lowest BCUT2D eigenvalue weighted by Gasteiger charge is -2.25. The van der Waals surface area contributed by atoms with Gasteiger partial charge in [0.15, 0.2) is 0 Å². The third-order valence-electron chi connectivity index (χ3n) is 5.80. The van der Waals surface area contributed by atoms with Gasteiger partial charge in [-0.1, -0.05) is 25.7 Å². The number of hydrogen-bond donors (Lipinski definition) is 0. The number of rotatable bonds is 1. The number of carbonyl (C=O) groups excluding carboxylic acids is 2. The van der Waals surface area contributed by atoms with Crippen molar-refractivity contribution in [3.63, 3.8) is 0 Å². The predicted octanol–water partition coefficient (Wildman–Crippen LogP) is 3.92. The van der Waals surface area contributed by atoms with E-state index in [0.717, 1.165) is 32.1 Å². The van der Waals surface area contributed by atoms with Gasteiger partial charge in [-0.2, -0.15) is 0 Å². The maximum absolute atomic E-state index is 12.9. The van der Waals surface area contributed by atoms with Gasteiger partial charge in [-0.3, -0.25) is 9.59 Å². The van der Waals surface area contributed by atoms with Crippen LogP contribution in [0.4, 0.5) is 0 Å². The molecule has 3 fully saturated rings. The molecule has 0 amide bonds. The summed E-state index contributed by atoms with van der Waals surface area (Å²) < 4.78 is 0. The van der Waals surface area contributed by atoms with Crippen LogP contribution >= 0.6 is 0 Å². The van der Waals surface area contributed by atoms with Gasteiger partial charge in [0.25, 0.3) is 0 Å². The van der Waals surface area contributed by atoms with Crippen molar-refractivity contribution in [2.75, 3.05) is 0 Å². The lowest BCUT2D eigenvalue weighted by molar-refractivity contribution is -0.137. The van der Waals surface area contributed by atoms with Crippen LogP contribution in [0.15, 0.2) is 0 Å². The van der Waals surface area contributed by atoms with E-state index < -0.39 is 0 Å². The Morgan fingerprint density at radius 2 is 1.32 bits per heavy atom. The maximum atomic E-state index is 12.9. The number of fused-ring (bicyclic) bond motifs is 1. The van der Waals surface area contributed by atoms with E-state index in [2.05, 4.69) is 0 Å². The largest absolute Gasteiger partial charge is 0.299 e. The van der Waals surface area contributed by atoms with Gasteiger partial charge in [0.1, 0.15) is 11.6 Å². The minimum absolute atomic E-state index is 0.212. The Kier molecular flexibility index (Phi) is 4.04. The summed E-state index contributed by atoms with van der Waals surface area (Å²) in [5.74, 6) is 1.62. The normalized spacial score (nSPS) is 37.8. The van der Waals surface area contributed by atoms with Crippen molar-refractivity contribution in [3.8, 4) is 0 Å². The van der Waals surface area contributed by atoms with Crippen LogP contribution in [-0.2, 0) is 9.59 Å². The van der Waals surface area contributed by atoms with E-state index in [9.17, 15) is 9.59 Å². The summed E-state index contributed by atoms with van der Waals surface area (Å²) in [6.45, 7) is 0. The lowest BCUT2D eigenvalue weighted by Crippen LogP contribution is -2.35. The van der Waals surface area contributed by atoms with E-state index in [0.29, 0.717) is 24.0 Å². The Labute approximate surface area is 116 Å². The zero-order chi connectivity index (χ0) is 13.2. The molecule has 0 aromatic carbocycles. The second-order valence-corrected chi connectivity index (χ2v) is 6.93. The molecule has 3 unspecified atom stereocenters. The molecule has 0 spiro atoms. The zero-order valence-corrected chi connectivity index (χ0v) is 11.9. The summed E-state index contributed by atoms with van der Waals surface area (Å²) in [4.78, 5) is 25.3. The van der Waals surface area contributed by atoms with Gasteiger partial charge in [0, 0.05) is 12.3 Å². The van der Waals surface area contributed by atoms with Crippen molar-refractivity contribution in [2.45, 2.75) is 70.6 Å². The molecule has 0 bridgehead atoms. The first kappa shape index (κ1) is 13.3. The summed E-state index contributed by atoms with van der Waals surface area (Å²) >= 11 is 0. The number of hydrogen-bond acceptors (Lipinski definition) is 2. The van der Waals surface area contributed by atoms with Crippen molar-refractivity contribution < 1.29 is 9.59 Å². The molecule has 19 heavy (non-hydrogen) atoms. The number of ketones is 2. The molecule has 0 aromatic heterocycles. The van der Waals surface area contributed by atoms with Crippen LogP contribution in [0.3, 0.4) is 0 Å². The van der Waals surface area contributed by atoms with E-state index in [-0.39, 0.29) is 17.6 Å². The highest BCUT2D eigenvalue weighted by Crippen LogP contribution is 2.42. The second-order valence-electron chi connectivity index (χ2n) is 6.93. The minimum atomic E-state index is -0.212. The monoisotopic (exact) mass is 262 g/mol. The maximum Gasteiger partial charge on any atom is 0.146 e. The molecule has 2 nitrogen and oxygen atoms in total. The Morgan fingerprint density at radius 1 is 0.684 bits per heavy atom. The molecule has 2 heteroatoms. The standard InChI is InChI=1S/C17H26O2/c18-15-11-4-3-8-13-9-5-10-14(17(19)16(13)15)12-6-1-2-7-12/h12-14,16H,1-11H2. The Balaban J connectivity index is 1.82. The first-order valence-corrected chi connectivity index (χ1v) is 8.34. The smallest absolute Gasteiger partial charge is 0.146 e. The summed E-state index contributed by atoms with van der Waals surface area (Å²) in [5.41, 5.74) is 0. The molecule has 106 valence electrons. The fourth-order valence-corrected chi connectivity index (χ4v) is 4.79. The Hall–Kier alpha value is -0.660. The van der Waals surface area contributed by atoms with Gasteiger partial charge in [-0.05, 0) is 50.4 Å². The highest BCUT2D eigenvalue weighted by atomic mass is 16.2. The van der Waals surface area contributed by atoms with Crippen LogP contribution in [0.25, 0.3) is 0 Å². The SMILES string of the molecule is O=C1CCCCC2CCCC(C3CCCC3)C(=O)C12. The van der Waals surface area contributed by atoms with Gasteiger partial charge in [-0.15, -0.1) is 0 Å². The van der Waals surface area contributed by atoms with E-state index in [1.54, 1.807) is 0 Å². The quantitative estimate of drug-likeness (QED) is 0.671. The van der Waals surface area contributed by atoms with Crippen LogP contribution in [-0.4, -0.2) is 11.6 Å². The van der Waals surface area contributed by atoms with Gasteiger partial charge >= 0.3 is 0 Å². The number of carbonyl (C=O) groups is 2. The van der Waals surface area contributed by atoms with Crippen LogP contribution in [0, 0.1) is 23.7 Å². The molecule has 0 N–H and O–H groups in total. The van der Waals surface area contributed by atoms with E-state index in [1.165, 1.54) is 32.1 Å². The van der Waals surface area contributed by atoms with Gasteiger partial charge in [0.2, 0.25) is 0 Å². The topological polar surface area (TPSA) is 34.1 Å². The first-order chi connectivity index (χ1) is 9.27. The molecular weight excluding hydrogens is 236 g/mol. The average Bonchev–Trinajstić information content (AvgIpc) is 2.79. The van der Waals surface area contributed by atoms with Crippen LogP contribution in [0.1, 0.15) is 70.6 Å². The van der Waals surface area contributed by atoms with E-state index in [1.807, 2.05) is 0 Å². The lowest BCUT2D eigenvalue weighted by atomic mass is 9.76. The van der Waals surface area contributed by atoms with Crippen molar-refractivity contribution >= 4 is 11.6 Å². The van der Waals surface area contributed by atoms with Crippen LogP contribution in [0.2, 0.25) is 0 Å². The molecule has 0 saturated heterocycles. The van der Waals surface area contributed by atoms with E-state index >= 15 is 0 Å². The highest BCUT2D eigenvalue weighted by Gasteiger charge is 2.43. The Bertz CT molecular complexity index is 354. The molecule has 0 heterocycles. The second kappa shape index (κ2) is 5.76. The van der Waals surface area contributed by atoms with Crippen LogP contribution in [0.5, 0.6) is 0 Å². The molecule has 3 aliphatic carbocycles. The Morgan fingerprint density at radius 3 is 2.11 bits per heavy atom. The summed E-state index contributed by atoms with van der Waals surface area (Å²) in [6, 6.07) is 0. The third kappa shape index (κ3) is 2.64. The molecule has 3 rings (SSSR count). The fourth-order valence-electron chi connectivity index (χ4n) is 4.79. The van der Waals surface area contributed by atoms with Crippen molar-refractivity contribution in [1.29, 1.82) is 0 Å². The zero-order valence-electron chi connectivity index (χ0n) is 11.9. The molecule has 0 aromatic rings. The van der Waals surface area contributed by atoms with Crippen LogP contribution < -0.4 is 0 Å². The average molecular weight is 262 g/mol. The summed E-state index contributed by atoms with van der Waals surface area (Å²) in [7, 11) is 0. The van der Waals surface area contributed by atoms with E-state index in [4.69, 9.17) is 0 Å². The van der Waals surface area contributed by atoms with Gasteiger partial charge in [0.05, 0.1) is 5.92 Å².